The van der Waals surface area contributed by atoms with Gasteiger partial charge in [0.2, 0.25) is 0 Å². The van der Waals surface area contributed by atoms with Crippen LogP contribution >= 0.6 is 0 Å². The van der Waals surface area contributed by atoms with Gasteiger partial charge in [-0.15, -0.1) is 0 Å². The van der Waals surface area contributed by atoms with Gasteiger partial charge in [0, 0.05) is 18.4 Å². The molecule has 0 N–H and O–H groups in total. The number of hydrogen-bond acceptors (Lipinski definition) is 3. The third-order valence-corrected chi connectivity index (χ3v) is 3.14. The number of hydrogen-bond donors (Lipinski definition) is 0. The van der Waals surface area contributed by atoms with E-state index in [0.29, 0.717) is 5.56 Å². The Kier molecular flexibility index (Phi) is 3.82. The maximum absolute atomic E-state index is 9.33. The summed E-state index contributed by atoms with van der Waals surface area (Å²) in [6, 6.07) is 12.4. The van der Waals surface area contributed by atoms with E-state index in [-0.39, 0.29) is 0 Å². The third-order valence-electron chi connectivity index (χ3n) is 3.14. The maximum atomic E-state index is 9.33. The first kappa shape index (κ1) is 13.1. The minimum atomic E-state index is 0.644. The second-order valence-corrected chi connectivity index (χ2v) is 4.52. The van der Waals surface area contributed by atoms with Crippen molar-refractivity contribution in [2.75, 3.05) is 11.4 Å². The molecular formula is C16H17N3. The molecule has 0 saturated carbocycles. The number of benzene rings is 1. The van der Waals surface area contributed by atoms with Crippen LogP contribution in [-0.4, -0.2) is 11.5 Å². The monoisotopic (exact) mass is 251 g/mol. The molecule has 2 rings (SSSR count). The molecule has 0 aliphatic carbocycles. The fourth-order valence-electron chi connectivity index (χ4n) is 2.14. The van der Waals surface area contributed by atoms with Gasteiger partial charge in [-0.05, 0) is 50.1 Å². The fraction of sp³-hybridized carbons (Fsp3) is 0.250. The Labute approximate surface area is 114 Å². The highest BCUT2D eigenvalue weighted by Gasteiger charge is 2.14. The zero-order valence-electron chi connectivity index (χ0n) is 11.5. The van der Waals surface area contributed by atoms with Gasteiger partial charge < -0.3 is 4.90 Å². The van der Waals surface area contributed by atoms with E-state index < -0.39 is 0 Å². The highest BCUT2D eigenvalue weighted by Crippen LogP contribution is 2.28. The minimum Gasteiger partial charge on any atom is -0.326 e. The van der Waals surface area contributed by atoms with E-state index >= 15 is 0 Å². The minimum absolute atomic E-state index is 0.644. The summed E-state index contributed by atoms with van der Waals surface area (Å²) in [6.07, 6.45) is 1.75. The number of nitrogens with zero attached hydrogens (tertiary/aromatic N) is 3. The molecule has 2 aromatic rings. The van der Waals surface area contributed by atoms with E-state index in [4.69, 9.17) is 0 Å². The molecule has 96 valence electrons. The topological polar surface area (TPSA) is 39.9 Å². The molecule has 1 aromatic heterocycles. The highest BCUT2D eigenvalue weighted by molar-refractivity contribution is 5.67. The number of aryl methyl sites for hydroxylation is 2. The van der Waals surface area contributed by atoms with Crippen LogP contribution < -0.4 is 4.90 Å². The molecule has 0 spiro atoms. The Bertz CT molecular complexity index is 626. The van der Waals surface area contributed by atoms with Gasteiger partial charge in [0.05, 0.1) is 5.56 Å². The Hall–Kier alpha value is -2.34. The smallest absolute Gasteiger partial charge is 0.151 e. The van der Waals surface area contributed by atoms with Crippen molar-refractivity contribution in [1.29, 1.82) is 5.26 Å². The van der Waals surface area contributed by atoms with Gasteiger partial charge in [-0.25, -0.2) is 4.98 Å². The molecule has 19 heavy (non-hydrogen) atoms. The number of nitriles is 1. The van der Waals surface area contributed by atoms with Crippen LogP contribution in [-0.2, 0) is 0 Å². The second kappa shape index (κ2) is 5.53. The van der Waals surface area contributed by atoms with E-state index in [0.717, 1.165) is 23.6 Å². The molecule has 0 saturated heterocycles. The molecule has 3 nitrogen and oxygen atoms in total. The maximum Gasteiger partial charge on any atom is 0.151 e. The van der Waals surface area contributed by atoms with Crippen LogP contribution in [0.5, 0.6) is 0 Å². The molecule has 3 heteroatoms. The van der Waals surface area contributed by atoms with Crippen molar-refractivity contribution in [3.05, 3.63) is 53.2 Å². The lowest BCUT2D eigenvalue weighted by Gasteiger charge is -2.23. The number of rotatable bonds is 3. The number of anilines is 2. The predicted molar refractivity (Wildman–Crippen MR) is 77.5 cm³/mol. The van der Waals surface area contributed by atoms with Crippen molar-refractivity contribution < 1.29 is 0 Å². The van der Waals surface area contributed by atoms with Crippen LogP contribution in [0.1, 0.15) is 23.6 Å². The molecule has 1 aromatic carbocycles. The van der Waals surface area contributed by atoms with Gasteiger partial charge in [-0.1, -0.05) is 12.1 Å². The number of pyridine rings is 1. The molecule has 0 fully saturated rings. The van der Waals surface area contributed by atoms with Crippen LogP contribution in [0, 0.1) is 25.2 Å². The summed E-state index contributed by atoms with van der Waals surface area (Å²) in [5.41, 5.74) is 3.86. The predicted octanol–water partition coefficient (Wildman–Crippen LogP) is 3.73. The molecule has 0 atom stereocenters. The lowest BCUT2D eigenvalue weighted by atomic mass is 10.1. The number of aromatic nitrogens is 1. The molecule has 0 amide bonds. The lowest BCUT2D eigenvalue weighted by Crippen LogP contribution is -2.19. The van der Waals surface area contributed by atoms with E-state index in [1.807, 2.05) is 25.1 Å². The van der Waals surface area contributed by atoms with Gasteiger partial charge in [0.15, 0.2) is 5.82 Å². The zero-order valence-corrected chi connectivity index (χ0v) is 11.5. The van der Waals surface area contributed by atoms with E-state index in [9.17, 15) is 5.26 Å². The molecule has 0 unspecified atom stereocenters. The summed E-state index contributed by atoms with van der Waals surface area (Å²) in [5, 5.41) is 9.33. The fourth-order valence-corrected chi connectivity index (χ4v) is 2.14. The largest absolute Gasteiger partial charge is 0.326 e. The molecule has 0 bridgehead atoms. The summed E-state index contributed by atoms with van der Waals surface area (Å²) in [7, 11) is 0. The Balaban J connectivity index is 2.55. The van der Waals surface area contributed by atoms with E-state index in [1.54, 1.807) is 6.20 Å². The van der Waals surface area contributed by atoms with Gasteiger partial charge in [0.25, 0.3) is 0 Å². The van der Waals surface area contributed by atoms with Crippen LogP contribution in [0.2, 0.25) is 0 Å². The van der Waals surface area contributed by atoms with Gasteiger partial charge in [0.1, 0.15) is 6.07 Å². The first-order valence-electron chi connectivity index (χ1n) is 6.37. The van der Waals surface area contributed by atoms with Crippen molar-refractivity contribution in [3.63, 3.8) is 0 Å². The first-order valence-corrected chi connectivity index (χ1v) is 6.37. The van der Waals surface area contributed by atoms with Crippen molar-refractivity contribution in [2.24, 2.45) is 0 Å². The second-order valence-electron chi connectivity index (χ2n) is 4.52. The Morgan fingerprint density at radius 1 is 1.26 bits per heavy atom. The quantitative estimate of drug-likeness (QED) is 0.834. The van der Waals surface area contributed by atoms with Crippen LogP contribution in [0.4, 0.5) is 11.5 Å². The molecule has 0 aliphatic heterocycles. The SMILES string of the molecule is CCN(c1cccc(C)c1)c1nccc(C)c1C#N. The van der Waals surface area contributed by atoms with Gasteiger partial charge >= 0.3 is 0 Å². The standard InChI is InChI=1S/C16H17N3/c1-4-19(14-7-5-6-12(2)10-14)16-15(11-17)13(3)8-9-18-16/h5-10H,4H2,1-3H3. The summed E-state index contributed by atoms with van der Waals surface area (Å²) < 4.78 is 0. The Morgan fingerprint density at radius 2 is 2.05 bits per heavy atom. The lowest BCUT2D eigenvalue weighted by molar-refractivity contribution is 0.980. The van der Waals surface area contributed by atoms with Crippen LogP contribution in [0.15, 0.2) is 36.5 Å². The van der Waals surface area contributed by atoms with Crippen molar-refractivity contribution in [3.8, 4) is 6.07 Å². The van der Waals surface area contributed by atoms with E-state index in [2.05, 4.69) is 41.9 Å². The van der Waals surface area contributed by atoms with Gasteiger partial charge in [-0.2, -0.15) is 5.26 Å². The van der Waals surface area contributed by atoms with E-state index in [1.165, 1.54) is 5.56 Å². The van der Waals surface area contributed by atoms with Gasteiger partial charge in [-0.3, -0.25) is 0 Å². The summed E-state index contributed by atoms with van der Waals surface area (Å²) in [4.78, 5) is 6.46. The normalized spacial score (nSPS) is 10.0. The molecular weight excluding hydrogens is 234 g/mol. The van der Waals surface area contributed by atoms with Crippen molar-refractivity contribution in [2.45, 2.75) is 20.8 Å². The molecule has 0 radical (unpaired) electrons. The first-order chi connectivity index (χ1) is 9.17. The molecule has 1 heterocycles. The summed E-state index contributed by atoms with van der Waals surface area (Å²) >= 11 is 0. The van der Waals surface area contributed by atoms with Crippen LogP contribution in [0.25, 0.3) is 0 Å². The average Bonchev–Trinajstić information content (AvgIpc) is 2.40. The molecule has 0 aliphatic rings. The zero-order chi connectivity index (χ0) is 13.8. The third kappa shape index (κ3) is 2.58. The summed E-state index contributed by atoms with van der Waals surface area (Å²) in [5.74, 6) is 0.732. The summed E-state index contributed by atoms with van der Waals surface area (Å²) in [6.45, 7) is 6.84. The van der Waals surface area contributed by atoms with Crippen LogP contribution in [0.3, 0.4) is 0 Å². The van der Waals surface area contributed by atoms with Crippen molar-refractivity contribution >= 4 is 11.5 Å². The average molecular weight is 251 g/mol. The van der Waals surface area contributed by atoms with Crippen molar-refractivity contribution in [1.82, 2.24) is 4.98 Å². The highest BCUT2D eigenvalue weighted by atomic mass is 15.2. The Morgan fingerprint density at radius 3 is 2.68 bits per heavy atom.